The summed E-state index contributed by atoms with van der Waals surface area (Å²) in [4.78, 5) is 0. The van der Waals surface area contributed by atoms with Gasteiger partial charge in [-0.15, -0.1) is 23.2 Å². The molecule has 0 aliphatic heterocycles. The van der Waals surface area contributed by atoms with E-state index in [9.17, 15) is 8.78 Å². The third-order valence-corrected chi connectivity index (χ3v) is 3.54. The van der Waals surface area contributed by atoms with Crippen molar-refractivity contribution in [2.45, 2.75) is 16.5 Å². The van der Waals surface area contributed by atoms with E-state index in [4.69, 9.17) is 27.9 Å². The summed E-state index contributed by atoms with van der Waals surface area (Å²) in [6.07, 6.45) is -2.84. The molecule has 0 heterocycles. The van der Waals surface area contributed by atoms with Gasteiger partial charge in [0.05, 0.1) is 10.0 Å². The molecule has 0 saturated carbocycles. The highest BCUT2D eigenvalue weighted by molar-refractivity contribution is 14.1. The van der Waals surface area contributed by atoms with Crippen LogP contribution in [0.4, 0.5) is 8.78 Å². The van der Waals surface area contributed by atoms with Gasteiger partial charge in [0.25, 0.3) is 6.43 Å². The Balaban J connectivity index is 3.67. The molecule has 1 nitrogen and oxygen atoms in total. The maximum atomic E-state index is 11.7. The van der Waals surface area contributed by atoms with E-state index in [1.807, 2.05) is 22.6 Å². The van der Waals surface area contributed by atoms with Gasteiger partial charge in [-0.25, -0.2) is 8.78 Å². The van der Waals surface area contributed by atoms with Crippen LogP contribution in [0.1, 0.15) is 0 Å². The lowest BCUT2D eigenvalue weighted by Gasteiger charge is -2.18. The van der Waals surface area contributed by atoms with Crippen LogP contribution in [0.5, 0.6) is 0 Å². The van der Waals surface area contributed by atoms with Crippen LogP contribution in [-0.4, -0.2) is 34.8 Å². The number of halogens is 5. The zero-order chi connectivity index (χ0) is 9.56. The molecule has 0 aromatic carbocycles. The molecule has 0 spiro atoms. The molecule has 0 aromatic rings. The number of hydrogen-bond acceptors (Lipinski definition) is 1. The molecule has 0 aromatic heterocycles. The van der Waals surface area contributed by atoms with Crippen molar-refractivity contribution in [3.05, 3.63) is 0 Å². The first-order valence-electron chi connectivity index (χ1n) is 3.27. The minimum atomic E-state index is -2.45. The van der Waals surface area contributed by atoms with E-state index in [2.05, 4.69) is 0 Å². The molecular formula is C6H9Cl2F2IO. The molecule has 2 unspecified atom stereocenters. The Morgan fingerprint density at radius 1 is 1.25 bits per heavy atom. The summed E-state index contributed by atoms with van der Waals surface area (Å²) in [5.74, 6) is 0.536. The average molecular weight is 333 g/mol. The predicted octanol–water partition coefficient (Wildman–Crippen LogP) is 2.92. The van der Waals surface area contributed by atoms with Crippen molar-refractivity contribution in [3.63, 3.8) is 0 Å². The quantitative estimate of drug-likeness (QED) is 0.537. The first-order chi connectivity index (χ1) is 5.61. The Bertz CT molecular complexity index is 118. The SMILES string of the molecule is FC(F)COC(CCl)C(I)CCl. The van der Waals surface area contributed by atoms with Gasteiger partial charge in [-0.3, -0.25) is 0 Å². The minimum absolute atomic E-state index is 0.0273. The molecule has 6 heteroatoms. The summed E-state index contributed by atoms with van der Waals surface area (Å²) < 4.78 is 28.2. The smallest absolute Gasteiger partial charge is 0.261 e. The van der Waals surface area contributed by atoms with Crippen LogP contribution in [-0.2, 0) is 4.74 Å². The van der Waals surface area contributed by atoms with E-state index in [0.29, 0.717) is 5.88 Å². The van der Waals surface area contributed by atoms with Gasteiger partial charge in [-0.2, -0.15) is 0 Å². The second kappa shape index (κ2) is 7.53. The summed E-state index contributed by atoms with van der Waals surface area (Å²) in [7, 11) is 0. The van der Waals surface area contributed by atoms with Crippen molar-refractivity contribution in [3.8, 4) is 0 Å². The van der Waals surface area contributed by atoms with Gasteiger partial charge < -0.3 is 4.74 Å². The van der Waals surface area contributed by atoms with Crippen LogP contribution < -0.4 is 0 Å². The first-order valence-corrected chi connectivity index (χ1v) is 5.59. The minimum Gasteiger partial charge on any atom is -0.370 e. The molecule has 0 saturated heterocycles. The number of alkyl halides is 5. The number of rotatable bonds is 6. The highest BCUT2D eigenvalue weighted by atomic mass is 127. The Morgan fingerprint density at radius 3 is 2.17 bits per heavy atom. The van der Waals surface area contributed by atoms with Crippen LogP contribution in [0.3, 0.4) is 0 Å². The van der Waals surface area contributed by atoms with Crippen molar-refractivity contribution in [2.24, 2.45) is 0 Å². The topological polar surface area (TPSA) is 9.23 Å². The lowest BCUT2D eigenvalue weighted by atomic mass is 10.3. The molecule has 2 atom stereocenters. The summed E-state index contributed by atoms with van der Waals surface area (Å²) in [5.41, 5.74) is 0. The van der Waals surface area contributed by atoms with Crippen molar-refractivity contribution in [1.29, 1.82) is 0 Å². The van der Waals surface area contributed by atoms with Crippen molar-refractivity contribution in [2.75, 3.05) is 18.4 Å². The van der Waals surface area contributed by atoms with Gasteiger partial charge >= 0.3 is 0 Å². The normalized spacial score (nSPS) is 16.5. The summed E-state index contributed by atoms with van der Waals surface area (Å²) in [5, 5.41) is 0. The van der Waals surface area contributed by atoms with Gasteiger partial charge in [0.2, 0.25) is 0 Å². The fourth-order valence-electron chi connectivity index (χ4n) is 0.541. The first kappa shape index (κ1) is 13.1. The molecule has 74 valence electrons. The Labute approximate surface area is 93.9 Å². The molecule has 0 aliphatic rings. The molecule has 12 heavy (non-hydrogen) atoms. The Morgan fingerprint density at radius 2 is 1.83 bits per heavy atom. The fraction of sp³-hybridized carbons (Fsp3) is 1.00. The zero-order valence-corrected chi connectivity index (χ0v) is 9.82. The van der Waals surface area contributed by atoms with E-state index in [0.717, 1.165) is 0 Å². The average Bonchev–Trinajstić information content (AvgIpc) is 2.04. The van der Waals surface area contributed by atoms with Gasteiger partial charge in [0.15, 0.2) is 0 Å². The summed E-state index contributed by atoms with van der Waals surface area (Å²) in [6.45, 7) is -0.576. The van der Waals surface area contributed by atoms with Crippen molar-refractivity contribution < 1.29 is 13.5 Å². The largest absolute Gasteiger partial charge is 0.370 e. The Kier molecular flexibility index (Phi) is 8.23. The lowest BCUT2D eigenvalue weighted by Crippen LogP contribution is -2.29. The van der Waals surface area contributed by atoms with Crippen molar-refractivity contribution >= 4 is 45.8 Å². The highest BCUT2D eigenvalue weighted by Gasteiger charge is 2.19. The van der Waals surface area contributed by atoms with Crippen LogP contribution in [0.15, 0.2) is 0 Å². The van der Waals surface area contributed by atoms with E-state index >= 15 is 0 Å². The lowest BCUT2D eigenvalue weighted by molar-refractivity contribution is -0.0131. The van der Waals surface area contributed by atoms with E-state index in [-0.39, 0.29) is 9.80 Å². The third-order valence-electron chi connectivity index (χ3n) is 1.14. The second-order valence-corrected chi connectivity index (χ2v) is 4.30. The standard InChI is InChI=1S/C6H9Cl2F2IO/c7-1-4(11)5(2-8)12-3-6(9)10/h4-6H,1-3H2. The predicted molar refractivity (Wildman–Crippen MR) is 55.0 cm³/mol. The molecule has 0 aliphatic carbocycles. The Hall–Kier alpha value is 1.13. The molecule has 0 radical (unpaired) electrons. The maximum Gasteiger partial charge on any atom is 0.261 e. The molecule has 0 bridgehead atoms. The van der Waals surface area contributed by atoms with Crippen LogP contribution in [0.2, 0.25) is 0 Å². The number of hydrogen-bond donors (Lipinski definition) is 0. The fourth-order valence-corrected chi connectivity index (χ4v) is 1.81. The van der Waals surface area contributed by atoms with E-state index in [1.165, 1.54) is 0 Å². The summed E-state index contributed by atoms with van der Waals surface area (Å²) in [6, 6.07) is 0. The van der Waals surface area contributed by atoms with Crippen LogP contribution in [0.25, 0.3) is 0 Å². The second-order valence-electron chi connectivity index (χ2n) is 2.09. The van der Waals surface area contributed by atoms with Crippen molar-refractivity contribution in [1.82, 2.24) is 0 Å². The number of ether oxygens (including phenoxy) is 1. The van der Waals surface area contributed by atoms with E-state index in [1.54, 1.807) is 0 Å². The molecule has 0 rings (SSSR count). The van der Waals surface area contributed by atoms with Gasteiger partial charge in [0.1, 0.15) is 6.61 Å². The van der Waals surface area contributed by atoms with E-state index < -0.39 is 19.1 Å². The molecule has 0 amide bonds. The summed E-state index contributed by atoms with van der Waals surface area (Å²) >= 11 is 13.0. The van der Waals surface area contributed by atoms with Gasteiger partial charge in [-0.05, 0) is 0 Å². The van der Waals surface area contributed by atoms with Crippen LogP contribution in [0, 0.1) is 0 Å². The molecule has 0 N–H and O–H groups in total. The highest BCUT2D eigenvalue weighted by Crippen LogP contribution is 2.14. The monoisotopic (exact) mass is 332 g/mol. The zero-order valence-electron chi connectivity index (χ0n) is 6.15. The third kappa shape index (κ3) is 5.72. The molecular weight excluding hydrogens is 324 g/mol. The molecule has 0 fully saturated rings. The van der Waals surface area contributed by atoms with Gasteiger partial charge in [0, 0.05) is 11.8 Å². The van der Waals surface area contributed by atoms with Crippen LogP contribution >= 0.6 is 45.8 Å². The maximum absolute atomic E-state index is 11.7. The van der Waals surface area contributed by atoms with Gasteiger partial charge in [-0.1, -0.05) is 22.6 Å².